The fourth-order valence-electron chi connectivity index (χ4n) is 3.99. The number of hydrogen-bond donors (Lipinski definition) is 1. The van der Waals surface area contributed by atoms with Gasteiger partial charge in [-0.1, -0.05) is 36.4 Å². The number of fused-ring (bicyclic) bond motifs is 1. The molecule has 0 saturated carbocycles. The molecule has 0 unspecified atom stereocenters. The zero-order chi connectivity index (χ0) is 22.0. The lowest BCUT2D eigenvalue weighted by atomic mass is 10.0. The first-order chi connectivity index (χ1) is 14.9. The summed E-state index contributed by atoms with van der Waals surface area (Å²) >= 11 is 0. The van der Waals surface area contributed by atoms with Crippen LogP contribution >= 0.6 is 0 Å². The number of hydrogen-bond acceptors (Lipinski definition) is 4. The molecule has 1 amide bonds. The minimum absolute atomic E-state index is 0.117. The maximum atomic E-state index is 12.8. The van der Waals surface area contributed by atoms with E-state index < -0.39 is 18.5 Å². The first-order valence-corrected chi connectivity index (χ1v) is 10.3. The third-order valence-corrected chi connectivity index (χ3v) is 5.69. The number of carbonyl (C=O) groups is 2. The number of nitrogens with zero attached hydrogens (tertiary/aromatic N) is 2. The van der Waals surface area contributed by atoms with Gasteiger partial charge in [0.25, 0.3) is 11.5 Å². The van der Waals surface area contributed by atoms with E-state index in [0.29, 0.717) is 11.4 Å². The summed E-state index contributed by atoms with van der Waals surface area (Å²) in [5.74, 6) is -1.02. The molecule has 1 heterocycles. The van der Waals surface area contributed by atoms with Gasteiger partial charge in [0, 0.05) is 7.05 Å². The predicted molar refractivity (Wildman–Crippen MR) is 118 cm³/mol. The van der Waals surface area contributed by atoms with E-state index in [9.17, 15) is 14.4 Å². The van der Waals surface area contributed by atoms with Crippen LogP contribution < -0.4 is 10.9 Å². The van der Waals surface area contributed by atoms with Gasteiger partial charge in [0.2, 0.25) is 0 Å². The van der Waals surface area contributed by atoms with Crippen LogP contribution in [0.2, 0.25) is 0 Å². The second-order valence-electron chi connectivity index (χ2n) is 7.78. The van der Waals surface area contributed by atoms with E-state index in [0.717, 1.165) is 24.8 Å². The SMILES string of the molecule is Cc1c(NC(=O)COC(=O)Cc2ccc3c(c2)CCC3)c(=O)n(-c2ccccc2)n1C. The third kappa shape index (κ3) is 4.30. The Morgan fingerprint density at radius 2 is 1.81 bits per heavy atom. The molecule has 0 fully saturated rings. The molecule has 7 heteroatoms. The molecule has 31 heavy (non-hydrogen) atoms. The van der Waals surface area contributed by atoms with Gasteiger partial charge in [-0.25, -0.2) is 4.68 Å². The molecular formula is C24H25N3O4. The Morgan fingerprint density at radius 1 is 1.06 bits per heavy atom. The van der Waals surface area contributed by atoms with Gasteiger partial charge in [-0.3, -0.25) is 19.1 Å². The molecule has 4 rings (SSSR count). The number of benzene rings is 2. The number of para-hydroxylation sites is 1. The van der Waals surface area contributed by atoms with E-state index in [1.54, 1.807) is 18.7 Å². The van der Waals surface area contributed by atoms with E-state index in [2.05, 4.69) is 11.4 Å². The average molecular weight is 419 g/mol. The molecule has 0 spiro atoms. The summed E-state index contributed by atoms with van der Waals surface area (Å²) in [5.41, 5.74) is 4.64. The van der Waals surface area contributed by atoms with Crippen molar-refractivity contribution in [2.75, 3.05) is 11.9 Å². The number of esters is 1. The van der Waals surface area contributed by atoms with Crippen molar-refractivity contribution in [2.45, 2.75) is 32.6 Å². The molecule has 0 radical (unpaired) electrons. The largest absolute Gasteiger partial charge is 0.455 e. The Labute approximate surface area is 180 Å². The summed E-state index contributed by atoms with van der Waals surface area (Å²) in [6.07, 6.45) is 3.39. The van der Waals surface area contributed by atoms with Crippen LogP contribution in [-0.4, -0.2) is 27.8 Å². The van der Waals surface area contributed by atoms with Gasteiger partial charge in [0.15, 0.2) is 6.61 Å². The van der Waals surface area contributed by atoms with Crippen LogP contribution in [0.5, 0.6) is 0 Å². The van der Waals surface area contributed by atoms with Crippen LogP contribution in [0.3, 0.4) is 0 Å². The number of ether oxygens (including phenoxy) is 1. The molecule has 0 saturated heterocycles. The van der Waals surface area contributed by atoms with Crippen LogP contribution in [0.4, 0.5) is 5.69 Å². The van der Waals surface area contributed by atoms with E-state index in [-0.39, 0.29) is 17.7 Å². The van der Waals surface area contributed by atoms with Crippen LogP contribution in [-0.2, 0) is 40.6 Å². The van der Waals surface area contributed by atoms with Crippen LogP contribution in [0.1, 0.15) is 28.8 Å². The summed E-state index contributed by atoms with van der Waals surface area (Å²) in [6.45, 7) is 1.30. The fourth-order valence-corrected chi connectivity index (χ4v) is 3.99. The smallest absolute Gasteiger partial charge is 0.310 e. The number of rotatable bonds is 6. The molecule has 1 N–H and O–H groups in total. The molecule has 0 bridgehead atoms. The number of nitrogens with one attached hydrogen (secondary N) is 1. The monoisotopic (exact) mass is 419 g/mol. The van der Waals surface area contributed by atoms with Crippen molar-refractivity contribution in [3.8, 4) is 5.69 Å². The maximum absolute atomic E-state index is 12.8. The lowest BCUT2D eigenvalue weighted by Gasteiger charge is -2.07. The highest BCUT2D eigenvalue weighted by Crippen LogP contribution is 2.23. The molecule has 1 aliphatic carbocycles. The minimum atomic E-state index is -0.548. The molecule has 1 aliphatic rings. The van der Waals surface area contributed by atoms with Crippen molar-refractivity contribution in [1.82, 2.24) is 9.36 Å². The highest BCUT2D eigenvalue weighted by Gasteiger charge is 2.19. The Hall–Kier alpha value is -3.61. The second kappa shape index (κ2) is 8.63. The topological polar surface area (TPSA) is 82.3 Å². The summed E-state index contributed by atoms with van der Waals surface area (Å²) in [7, 11) is 1.75. The highest BCUT2D eigenvalue weighted by molar-refractivity contribution is 5.93. The Bertz CT molecular complexity index is 1190. The fraction of sp³-hybridized carbons (Fsp3) is 0.292. The number of carbonyl (C=O) groups excluding carboxylic acids is 2. The molecular weight excluding hydrogens is 394 g/mol. The third-order valence-electron chi connectivity index (χ3n) is 5.69. The normalized spacial score (nSPS) is 12.5. The van der Waals surface area contributed by atoms with Gasteiger partial charge in [0.1, 0.15) is 5.69 Å². The minimum Gasteiger partial charge on any atom is -0.455 e. The molecule has 160 valence electrons. The molecule has 0 atom stereocenters. The van der Waals surface area contributed by atoms with Gasteiger partial charge < -0.3 is 10.1 Å². The predicted octanol–water partition coefficient (Wildman–Crippen LogP) is 2.70. The van der Waals surface area contributed by atoms with E-state index in [4.69, 9.17) is 4.74 Å². The van der Waals surface area contributed by atoms with Crippen molar-refractivity contribution in [2.24, 2.45) is 7.05 Å². The standard InChI is InChI=1S/C24H25N3O4/c1-16-23(24(30)27(26(16)2)20-9-4-3-5-10-20)25-21(28)15-31-22(29)14-17-11-12-18-7-6-8-19(18)13-17/h3-5,9-13H,6-8,14-15H2,1-2H3,(H,25,28). The second-order valence-corrected chi connectivity index (χ2v) is 7.78. The lowest BCUT2D eigenvalue weighted by Crippen LogP contribution is -2.26. The van der Waals surface area contributed by atoms with Gasteiger partial charge in [-0.2, -0.15) is 0 Å². The van der Waals surface area contributed by atoms with Crippen molar-refractivity contribution < 1.29 is 14.3 Å². The highest BCUT2D eigenvalue weighted by atomic mass is 16.5. The van der Waals surface area contributed by atoms with Gasteiger partial charge in [-0.15, -0.1) is 0 Å². The molecule has 1 aromatic heterocycles. The zero-order valence-electron chi connectivity index (χ0n) is 17.7. The van der Waals surface area contributed by atoms with Gasteiger partial charge in [0.05, 0.1) is 17.8 Å². The average Bonchev–Trinajstić information content (AvgIpc) is 3.31. The van der Waals surface area contributed by atoms with Crippen molar-refractivity contribution >= 4 is 17.6 Å². The van der Waals surface area contributed by atoms with Crippen molar-refractivity contribution in [3.63, 3.8) is 0 Å². The number of aromatic nitrogens is 2. The number of amides is 1. The molecule has 3 aromatic rings. The van der Waals surface area contributed by atoms with E-state index >= 15 is 0 Å². The molecule has 0 aliphatic heterocycles. The number of anilines is 1. The van der Waals surface area contributed by atoms with E-state index in [1.165, 1.54) is 15.8 Å². The summed E-state index contributed by atoms with van der Waals surface area (Å²) in [5, 5.41) is 2.59. The number of aryl methyl sites for hydroxylation is 2. The first-order valence-electron chi connectivity index (χ1n) is 10.3. The van der Waals surface area contributed by atoms with Crippen LogP contribution in [0.25, 0.3) is 5.69 Å². The van der Waals surface area contributed by atoms with Crippen LogP contribution in [0, 0.1) is 6.92 Å². The van der Waals surface area contributed by atoms with Crippen molar-refractivity contribution in [3.05, 3.63) is 81.3 Å². The quantitative estimate of drug-likeness (QED) is 0.623. The maximum Gasteiger partial charge on any atom is 0.310 e. The van der Waals surface area contributed by atoms with E-state index in [1.807, 2.05) is 42.5 Å². The molecule has 2 aromatic carbocycles. The summed E-state index contributed by atoms with van der Waals surface area (Å²) < 4.78 is 8.28. The Kier molecular flexibility index (Phi) is 5.75. The van der Waals surface area contributed by atoms with Gasteiger partial charge >= 0.3 is 5.97 Å². The summed E-state index contributed by atoms with van der Waals surface area (Å²) in [6, 6.07) is 15.2. The van der Waals surface area contributed by atoms with Gasteiger partial charge in [-0.05, 0) is 55.0 Å². The Morgan fingerprint density at radius 3 is 2.58 bits per heavy atom. The molecule has 7 nitrogen and oxygen atoms in total. The summed E-state index contributed by atoms with van der Waals surface area (Å²) in [4.78, 5) is 37.4. The van der Waals surface area contributed by atoms with Crippen molar-refractivity contribution in [1.29, 1.82) is 0 Å². The lowest BCUT2D eigenvalue weighted by molar-refractivity contribution is -0.146. The Balaban J connectivity index is 1.38. The zero-order valence-corrected chi connectivity index (χ0v) is 17.7. The van der Waals surface area contributed by atoms with Crippen LogP contribution in [0.15, 0.2) is 53.3 Å². The first kappa shape index (κ1) is 20.7.